The molecule has 6 nitrogen and oxygen atoms in total. The van der Waals surface area contributed by atoms with Crippen molar-refractivity contribution < 1.29 is 13.0 Å². The summed E-state index contributed by atoms with van der Waals surface area (Å²) in [5.41, 5.74) is 0.727. The molecule has 0 amide bonds. The molecule has 0 radical (unpaired) electrons. The zero-order chi connectivity index (χ0) is 8.77. The summed E-state index contributed by atoms with van der Waals surface area (Å²) in [5, 5.41) is 10.3. The van der Waals surface area contributed by atoms with Crippen LogP contribution in [0.3, 0.4) is 0 Å². The Balaban J connectivity index is 2.51. The third kappa shape index (κ3) is 0.990. The van der Waals surface area contributed by atoms with Gasteiger partial charge in [-0.3, -0.25) is 4.55 Å². The molecule has 2 aliphatic rings. The largest absolute Gasteiger partial charge is 0.294 e. The first-order valence-corrected chi connectivity index (χ1v) is 4.41. The number of hydrogen-bond acceptors (Lipinski definition) is 5. The van der Waals surface area contributed by atoms with E-state index in [-0.39, 0.29) is 4.91 Å². The maximum atomic E-state index is 10.6. The van der Waals surface area contributed by atoms with Gasteiger partial charge in [0.15, 0.2) is 0 Å². The summed E-state index contributed by atoms with van der Waals surface area (Å²) in [6, 6.07) is 0. The van der Waals surface area contributed by atoms with Crippen LogP contribution in [0.4, 0.5) is 0 Å². The first-order valence-electron chi connectivity index (χ1n) is 2.97. The quantitative estimate of drug-likeness (QED) is 0.602. The van der Waals surface area contributed by atoms with Gasteiger partial charge in [-0.2, -0.15) is 8.42 Å². The molecule has 0 aromatic carbocycles. The summed E-state index contributed by atoms with van der Waals surface area (Å²) in [4.78, 5) is -0.199. The van der Waals surface area contributed by atoms with Crippen molar-refractivity contribution in [3.63, 3.8) is 0 Å². The Morgan fingerprint density at radius 3 is 2.67 bits per heavy atom. The van der Waals surface area contributed by atoms with Gasteiger partial charge >= 0.3 is 0 Å². The molecule has 1 heterocycles. The minimum atomic E-state index is -4.14. The lowest BCUT2D eigenvalue weighted by molar-refractivity contribution is 0.492. The van der Waals surface area contributed by atoms with Gasteiger partial charge in [0.2, 0.25) is 0 Å². The molecule has 2 rings (SSSR count). The topological polar surface area (TPSA) is 91.5 Å². The molecule has 0 aromatic heterocycles. The predicted octanol–water partition coefficient (Wildman–Crippen LogP) is 0.477. The molecule has 12 heavy (non-hydrogen) atoms. The van der Waals surface area contributed by atoms with Crippen LogP contribution in [0, 0.1) is 0 Å². The fraction of sp³-hybridized carbons (Fsp3) is 0. The number of fused-ring (bicyclic) bond motifs is 1. The number of rotatable bonds is 1. The van der Waals surface area contributed by atoms with E-state index in [0.29, 0.717) is 11.4 Å². The van der Waals surface area contributed by atoms with Crippen LogP contribution in [0.2, 0.25) is 0 Å². The van der Waals surface area contributed by atoms with Crippen LogP contribution < -0.4 is 0 Å². The van der Waals surface area contributed by atoms with Gasteiger partial charge < -0.3 is 0 Å². The lowest BCUT2D eigenvalue weighted by Gasteiger charge is -1.89. The van der Waals surface area contributed by atoms with Crippen molar-refractivity contribution in [2.75, 3.05) is 0 Å². The molecule has 0 bridgehead atoms. The highest BCUT2D eigenvalue weighted by atomic mass is 32.2. The molecule has 1 aliphatic heterocycles. The highest BCUT2D eigenvalue weighted by molar-refractivity contribution is 7.90. The van der Waals surface area contributed by atoms with Crippen LogP contribution in [0.5, 0.6) is 0 Å². The van der Waals surface area contributed by atoms with Gasteiger partial charge in [-0.15, -0.1) is 10.2 Å². The van der Waals surface area contributed by atoms with Gasteiger partial charge in [0.05, 0.1) is 4.91 Å². The molecule has 7 heteroatoms. The minimum Gasteiger partial charge on any atom is -0.282 e. The fourth-order valence-corrected chi connectivity index (χ4v) is 1.41. The third-order valence-electron chi connectivity index (χ3n) is 1.42. The van der Waals surface area contributed by atoms with E-state index in [9.17, 15) is 8.42 Å². The van der Waals surface area contributed by atoms with Crippen molar-refractivity contribution in [3.05, 3.63) is 22.8 Å². The number of hydrogen-bond donors (Lipinski definition) is 1. The van der Waals surface area contributed by atoms with E-state index < -0.39 is 10.1 Å². The SMILES string of the molecule is O=S(=O)(O)C1=CC2=NN=NC2=C1. The normalized spacial score (nSPS) is 20.2. The van der Waals surface area contributed by atoms with Crippen LogP contribution >= 0.6 is 0 Å². The Kier molecular flexibility index (Phi) is 1.27. The van der Waals surface area contributed by atoms with Gasteiger partial charge in [-0.1, -0.05) is 0 Å². The van der Waals surface area contributed by atoms with E-state index in [1.54, 1.807) is 0 Å². The Bertz CT molecular complexity index is 445. The average molecular weight is 185 g/mol. The summed E-state index contributed by atoms with van der Waals surface area (Å²) in [5.74, 6) is 0. The van der Waals surface area contributed by atoms with E-state index in [2.05, 4.69) is 15.4 Å². The van der Waals surface area contributed by atoms with Gasteiger partial charge in [-0.05, 0) is 17.4 Å². The zero-order valence-corrected chi connectivity index (χ0v) is 6.48. The fourth-order valence-electron chi connectivity index (χ4n) is 0.887. The summed E-state index contributed by atoms with van der Waals surface area (Å²) < 4.78 is 29.8. The highest BCUT2D eigenvalue weighted by Gasteiger charge is 2.24. The molecule has 62 valence electrons. The molecule has 0 unspecified atom stereocenters. The van der Waals surface area contributed by atoms with E-state index in [1.165, 1.54) is 12.2 Å². The maximum Gasteiger partial charge on any atom is 0.294 e. The predicted molar refractivity (Wildman–Crippen MR) is 40.0 cm³/mol. The maximum absolute atomic E-state index is 10.6. The Morgan fingerprint density at radius 1 is 1.33 bits per heavy atom. The Labute approximate surface area is 67.7 Å². The zero-order valence-electron chi connectivity index (χ0n) is 5.67. The Hall–Kier alpha value is -1.34. The smallest absolute Gasteiger partial charge is 0.282 e. The minimum absolute atomic E-state index is 0.199. The van der Waals surface area contributed by atoms with E-state index in [4.69, 9.17) is 4.55 Å². The first kappa shape index (κ1) is 7.32. The molecule has 0 saturated carbocycles. The first-order chi connectivity index (χ1) is 5.57. The number of allylic oxidation sites excluding steroid dienone is 2. The van der Waals surface area contributed by atoms with Crippen LogP contribution in [0.15, 0.2) is 38.2 Å². The number of nitrogens with zero attached hydrogens (tertiary/aromatic N) is 3. The standard InChI is InChI=1S/C5H3N3O3S/c9-12(10,11)3-1-4-5(2-3)7-8-6-4/h1-2H,(H,9,10,11). The van der Waals surface area contributed by atoms with Crippen LogP contribution in [0.1, 0.15) is 0 Å². The molecular formula is C5H3N3O3S. The van der Waals surface area contributed by atoms with Gasteiger partial charge in [0.1, 0.15) is 11.4 Å². The van der Waals surface area contributed by atoms with Gasteiger partial charge in [-0.25, -0.2) is 0 Å². The summed E-state index contributed by atoms with van der Waals surface area (Å²) in [7, 11) is -4.14. The molecular weight excluding hydrogens is 182 g/mol. The van der Waals surface area contributed by atoms with E-state index in [1.807, 2.05) is 0 Å². The van der Waals surface area contributed by atoms with Crippen molar-refractivity contribution in [2.45, 2.75) is 0 Å². The molecule has 1 N–H and O–H groups in total. The van der Waals surface area contributed by atoms with Crippen LogP contribution in [-0.2, 0) is 10.1 Å². The lowest BCUT2D eigenvalue weighted by atomic mass is 10.4. The Morgan fingerprint density at radius 2 is 2.08 bits per heavy atom. The average Bonchev–Trinajstić information content (AvgIpc) is 2.37. The monoisotopic (exact) mass is 185 g/mol. The molecule has 0 atom stereocenters. The van der Waals surface area contributed by atoms with Crippen molar-refractivity contribution in [2.24, 2.45) is 15.4 Å². The highest BCUT2D eigenvalue weighted by Crippen LogP contribution is 2.23. The third-order valence-corrected chi connectivity index (χ3v) is 2.25. The van der Waals surface area contributed by atoms with Crippen molar-refractivity contribution >= 4 is 15.8 Å². The van der Waals surface area contributed by atoms with Crippen molar-refractivity contribution in [1.82, 2.24) is 0 Å². The molecule has 0 spiro atoms. The summed E-state index contributed by atoms with van der Waals surface area (Å²) in [6.45, 7) is 0. The van der Waals surface area contributed by atoms with Crippen molar-refractivity contribution in [1.29, 1.82) is 0 Å². The molecule has 0 saturated heterocycles. The second-order valence-electron chi connectivity index (χ2n) is 2.23. The van der Waals surface area contributed by atoms with Gasteiger partial charge in [0.25, 0.3) is 10.1 Å². The van der Waals surface area contributed by atoms with Gasteiger partial charge in [0, 0.05) is 0 Å². The molecule has 1 aliphatic carbocycles. The summed E-state index contributed by atoms with van der Waals surface area (Å²) >= 11 is 0. The molecule has 0 fully saturated rings. The second kappa shape index (κ2) is 2.08. The summed E-state index contributed by atoms with van der Waals surface area (Å²) in [6.07, 6.45) is 2.43. The van der Waals surface area contributed by atoms with Crippen LogP contribution in [0.25, 0.3) is 0 Å². The van der Waals surface area contributed by atoms with Crippen molar-refractivity contribution in [3.8, 4) is 0 Å². The van der Waals surface area contributed by atoms with E-state index in [0.717, 1.165) is 0 Å². The second-order valence-corrected chi connectivity index (χ2v) is 3.65. The molecule has 0 aromatic rings. The lowest BCUT2D eigenvalue weighted by Crippen LogP contribution is -1.97. The van der Waals surface area contributed by atoms with Crippen LogP contribution in [-0.4, -0.2) is 18.7 Å². The van der Waals surface area contributed by atoms with E-state index >= 15 is 0 Å².